The number of hydrogen-bond donors (Lipinski definition) is 0. The van der Waals surface area contributed by atoms with E-state index in [-0.39, 0.29) is 0 Å². The molecular weight excluding hydrogens is 709 g/mol. The second-order valence-electron chi connectivity index (χ2n) is 15.3. The standard InChI is InChI=1S/C54H30N2O2/c1-3-11-47-37(9-1)45-29-35(17-23-49(45)57-47)33-15-21-41-43(27-33)39-19-13-31-7-5-25-55-53(31)51(39)42-22-16-34(28-44(42)40-20-14-32-8-6-26-56-54(32)52(40)41)36-18-24-50-46(30-36)38-10-2-4-12-48(38)58-50/h1-30H. The van der Waals surface area contributed by atoms with Gasteiger partial charge in [-0.1, -0.05) is 109 Å². The summed E-state index contributed by atoms with van der Waals surface area (Å²) in [4.78, 5) is 10.2. The Morgan fingerprint density at radius 1 is 0.293 bits per heavy atom. The minimum atomic E-state index is 0.888. The molecule has 4 heteroatoms. The van der Waals surface area contributed by atoms with Gasteiger partial charge < -0.3 is 8.83 Å². The van der Waals surface area contributed by atoms with E-state index in [2.05, 4.69) is 133 Å². The van der Waals surface area contributed by atoms with Crippen molar-refractivity contribution in [2.75, 3.05) is 0 Å². The van der Waals surface area contributed by atoms with Crippen molar-refractivity contribution in [1.82, 2.24) is 9.97 Å². The minimum Gasteiger partial charge on any atom is -0.456 e. The first kappa shape index (κ1) is 31.4. The third-order valence-corrected chi connectivity index (χ3v) is 12.1. The SMILES string of the molecule is c1cnc2c3c(ccc2c1)-c1cc(-c2ccc4oc5ccccc5c4c2)ccc1-c1c(ccc2cccnc12)-c1cc(-c2ccc4oc5ccccc5c4c2)ccc1-3. The molecule has 58 heavy (non-hydrogen) atoms. The zero-order valence-corrected chi connectivity index (χ0v) is 31.0. The van der Waals surface area contributed by atoms with Crippen molar-refractivity contribution < 1.29 is 8.83 Å². The summed E-state index contributed by atoms with van der Waals surface area (Å²) in [5.41, 5.74) is 19.1. The van der Waals surface area contributed by atoms with E-state index in [1.165, 1.54) is 0 Å². The fourth-order valence-corrected chi connectivity index (χ4v) is 9.43. The summed E-state index contributed by atoms with van der Waals surface area (Å²) in [6.45, 7) is 0. The molecule has 13 rings (SSSR count). The molecule has 0 radical (unpaired) electrons. The Balaban J connectivity index is 1.11. The largest absolute Gasteiger partial charge is 0.456 e. The van der Waals surface area contributed by atoms with Gasteiger partial charge in [-0.2, -0.15) is 0 Å². The number of para-hydroxylation sites is 2. The molecule has 0 fully saturated rings. The van der Waals surface area contributed by atoms with Crippen LogP contribution < -0.4 is 0 Å². The van der Waals surface area contributed by atoms with Gasteiger partial charge in [0.05, 0.1) is 11.0 Å². The molecule has 8 aromatic carbocycles. The number of fused-ring (bicyclic) bond motifs is 18. The van der Waals surface area contributed by atoms with E-state index in [0.717, 1.165) is 132 Å². The molecule has 0 saturated carbocycles. The van der Waals surface area contributed by atoms with Crippen molar-refractivity contribution >= 4 is 65.7 Å². The topological polar surface area (TPSA) is 52.1 Å². The first-order chi connectivity index (χ1) is 28.7. The average molecular weight is 739 g/mol. The van der Waals surface area contributed by atoms with Crippen LogP contribution in [0.3, 0.4) is 0 Å². The van der Waals surface area contributed by atoms with E-state index in [0.29, 0.717) is 0 Å². The van der Waals surface area contributed by atoms with E-state index in [1.54, 1.807) is 0 Å². The Bertz CT molecular complexity index is 3460. The maximum atomic E-state index is 6.22. The normalized spacial score (nSPS) is 12.1. The van der Waals surface area contributed by atoms with Gasteiger partial charge >= 0.3 is 0 Å². The molecule has 0 aliphatic heterocycles. The fraction of sp³-hybridized carbons (Fsp3) is 0. The van der Waals surface area contributed by atoms with E-state index in [4.69, 9.17) is 18.8 Å². The number of benzene rings is 8. The molecule has 4 aromatic heterocycles. The smallest absolute Gasteiger partial charge is 0.135 e. The van der Waals surface area contributed by atoms with Gasteiger partial charge in [0.15, 0.2) is 0 Å². The van der Waals surface area contributed by atoms with Crippen LogP contribution in [0.25, 0.3) is 132 Å². The number of rotatable bonds is 2. The molecule has 0 atom stereocenters. The monoisotopic (exact) mass is 738 g/mol. The minimum absolute atomic E-state index is 0.888. The van der Waals surface area contributed by atoms with Crippen LogP contribution >= 0.6 is 0 Å². The van der Waals surface area contributed by atoms with Crippen LogP contribution in [0.5, 0.6) is 0 Å². The van der Waals surface area contributed by atoms with Gasteiger partial charge in [0.25, 0.3) is 0 Å². The number of pyridine rings is 2. The van der Waals surface area contributed by atoms with Crippen LogP contribution in [0.1, 0.15) is 0 Å². The maximum Gasteiger partial charge on any atom is 0.135 e. The molecule has 12 aromatic rings. The van der Waals surface area contributed by atoms with Crippen LogP contribution in [0.2, 0.25) is 0 Å². The summed E-state index contributed by atoms with van der Waals surface area (Å²) < 4.78 is 12.4. The van der Waals surface area contributed by atoms with Crippen LogP contribution in [-0.4, -0.2) is 9.97 Å². The van der Waals surface area contributed by atoms with Gasteiger partial charge in [0.1, 0.15) is 22.3 Å². The molecule has 1 aliphatic carbocycles. The highest BCUT2D eigenvalue weighted by Crippen LogP contribution is 2.52. The molecule has 4 nitrogen and oxygen atoms in total. The first-order valence-corrected chi connectivity index (χ1v) is 19.6. The summed E-state index contributed by atoms with van der Waals surface area (Å²) in [6.07, 6.45) is 3.82. The number of aromatic nitrogens is 2. The van der Waals surface area contributed by atoms with E-state index in [9.17, 15) is 0 Å². The summed E-state index contributed by atoms with van der Waals surface area (Å²) >= 11 is 0. The third-order valence-electron chi connectivity index (χ3n) is 12.1. The predicted octanol–water partition coefficient (Wildman–Crippen LogP) is 14.9. The summed E-state index contributed by atoms with van der Waals surface area (Å²) in [7, 11) is 0. The Hall–Kier alpha value is -7.82. The lowest BCUT2D eigenvalue weighted by Gasteiger charge is -2.26. The van der Waals surface area contributed by atoms with Crippen molar-refractivity contribution in [2.24, 2.45) is 0 Å². The van der Waals surface area contributed by atoms with Crippen LogP contribution in [-0.2, 0) is 0 Å². The molecular formula is C54H30N2O2. The van der Waals surface area contributed by atoms with Crippen LogP contribution in [0, 0.1) is 0 Å². The fourth-order valence-electron chi connectivity index (χ4n) is 9.43. The highest BCUT2D eigenvalue weighted by Gasteiger charge is 2.27. The molecule has 0 unspecified atom stereocenters. The van der Waals surface area contributed by atoms with Crippen molar-refractivity contribution in [3.63, 3.8) is 0 Å². The first-order valence-electron chi connectivity index (χ1n) is 19.6. The molecule has 0 amide bonds. The molecule has 0 bridgehead atoms. The lowest BCUT2D eigenvalue weighted by Crippen LogP contribution is -2.01. The molecule has 0 N–H and O–H groups in total. The van der Waals surface area contributed by atoms with E-state index in [1.807, 2.05) is 48.8 Å². The highest BCUT2D eigenvalue weighted by atomic mass is 16.3. The third kappa shape index (κ3) is 4.51. The van der Waals surface area contributed by atoms with E-state index >= 15 is 0 Å². The maximum absolute atomic E-state index is 6.22. The zero-order valence-electron chi connectivity index (χ0n) is 31.0. The van der Waals surface area contributed by atoms with Crippen LogP contribution in [0.15, 0.2) is 191 Å². The van der Waals surface area contributed by atoms with Gasteiger partial charge in [-0.15, -0.1) is 0 Å². The van der Waals surface area contributed by atoms with Gasteiger partial charge in [-0.3, -0.25) is 9.97 Å². The molecule has 268 valence electrons. The Kier molecular flexibility index (Phi) is 6.41. The van der Waals surface area contributed by atoms with Gasteiger partial charge in [0, 0.05) is 55.8 Å². The zero-order chi connectivity index (χ0) is 37.9. The number of furan rings is 2. The lowest BCUT2D eigenvalue weighted by molar-refractivity contribution is 0.668. The number of hydrogen-bond acceptors (Lipinski definition) is 4. The predicted molar refractivity (Wildman–Crippen MR) is 238 cm³/mol. The van der Waals surface area contributed by atoms with Crippen molar-refractivity contribution in [2.45, 2.75) is 0 Å². The molecule has 4 heterocycles. The van der Waals surface area contributed by atoms with Crippen molar-refractivity contribution in [1.29, 1.82) is 0 Å². The molecule has 1 aliphatic rings. The van der Waals surface area contributed by atoms with Gasteiger partial charge in [-0.05, 0) is 116 Å². The molecule has 0 spiro atoms. The second kappa shape index (κ2) is 11.8. The van der Waals surface area contributed by atoms with Gasteiger partial charge in [0.2, 0.25) is 0 Å². The summed E-state index contributed by atoms with van der Waals surface area (Å²) in [5, 5.41) is 6.67. The quantitative estimate of drug-likeness (QED) is 0.177. The van der Waals surface area contributed by atoms with Crippen LogP contribution in [0.4, 0.5) is 0 Å². The van der Waals surface area contributed by atoms with Crippen molar-refractivity contribution in [3.8, 4) is 66.8 Å². The Labute approximate surface area is 332 Å². The lowest BCUT2D eigenvalue weighted by atomic mass is 9.78. The van der Waals surface area contributed by atoms with Gasteiger partial charge in [-0.25, -0.2) is 0 Å². The Morgan fingerprint density at radius 3 is 1.21 bits per heavy atom. The summed E-state index contributed by atoms with van der Waals surface area (Å²) in [5.74, 6) is 0. The molecule has 0 saturated heterocycles. The highest BCUT2D eigenvalue weighted by molar-refractivity contribution is 6.15. The summed E-state index contributed by atoms with van der Waals surface area (Å²) in [6, 6.07) is 60.8. The number of nitrogens with zero attached hydrogens (tertiary/aromatic N) is 2. The van der Waals surface area contributed by atoms with Crippen molar-refractivity contribution in [3.05, 3.63) is 182 Å². The average Bonchev–Trinajstić information content (AvgIpc) is 3.85. The van der Waals surface area contributed by atoms with E-state index < -0.39 is 0 Å². The Morgan fingerprint density at radius 2 is 0.707 bits per heavy atom. The second-order valence-corrected chi connectivity index (χ2v) is 15.3.